The predicted molar refractivity (Wildman–Crippen MR) is 116 cm³/mol. The van der Waals surface area contributed by atoms with E-state index in [0.29, 0.717) is 43.6 Å². The van der Waals surface area contributed by atoms with Crippen LogP contribution < -0.4 is 15.1 Å². The summed E-state index contributed by atoms with van der Waals surface area (Å²) in [7, 11) is 0. The summed E-state index contributed by atoms with van der Waals surface area (Å²) in [5, 5.41) is 15.5. The van der Waals surface area contributed by atoms with Crippen LogP contribution in [0, 0.1) is 10.1 Å². The fraction of sp³-hybridized carbons (Fsp3) is 0.250. The largest absolute Gasteiger partial charge is 0.360 e. The van der Waals surface area contributed by atoms with E-state index in [2.05, 4.69) is 25.2 Å². The molecule has 1 aliphatic rings. The van der Waals surface area contributed by atoms with Gasteiger partial charge in [-0.2, -0.15) is 0 Å². The Kier molecular flexibility index (Phi) is 5.89. The molecule has 30 heavy (non-hydrogen) atoms. The molecule has 0 spiro atoms. The molecule has 1 saturated heterocycles. The van der Waals surface area contributed by atoms with Crippen LogP contribution in [-0.4, -0.2) is 46.1 Å². The Morgan fingerprint density at radius 2 is 1.73 bits per heavy atom. The van der Waals surface area contributed by atoms with Crippen molar-refractivity contribution in [3.63, 3.8) is 0 Å². The number of piperazine rings is 1. The van der Waals surface area contributed by atoms with E-state index in [1.165, 1.54) is 6.33 Å². The zero-order chi connectivity index (χ0) is 20.9. The van der Waals surface area contributed by atoms with Crippen LogP contribution in [0.25, 0.3) is 0 Å². The first-order valence-corrected chi connectivity index (χ1v) is 9.88. The number of anilines is 3. The molecule has 0 aliphatic carbocycles. The van der Waals surface area contributed by atoms with Gasteiger partial charge in [-0.3, -0.25) is 10.1 Å². The van der Waals surface area contributed by atoms with Gasteiger partial charge >= 0.3 is 5.69 Å². The summed E-state index contributed by atoms with van der Waals surface area (Å²) >= 11 is 5.91. The lowest BCUT2D eigenvalue weighted by Gasteiger charge is -2.35. The van der Waals surface area contributed by atoms with Gasteiger partial charge in [0.2, 0.25) is 11.6 Å². The number of nitrogens with one attached hydrogen (secondary N) is 1. The quantitative estimate of drug-likeness (QED) is 0.474. The number of hydrogen-bond acceptors (Lipinski definition) is 8. The minimum Gasteiger partial charge on any atom is -0.360 e. The summed E-state index contributed by atoms with van der Waals surface area (Å²) < 4.78 is 0. The van der Waals surface area contributed by atoms with Crippen LogP contribution in [0.1, 0.15) is 5.56 Å². The number of rotatable bonds is 6. The van der Waals surface area contributed by atoms with Gasteiger partial charge in [0.1, 0.15) is 12.1 Å². The van der Waals surface area contributed by atoms with Gasteiger partial charge in [-0.1, -0.05) is 29.8 Å². The van der Waals surface area contributed by atoms with Crippen molar-refractivity contribution in [1.82, 2.24) is 15.0 Å². The van der Waals surface area contributed by atoms with Crippen molar-refractivity contribution in [3.8, 4) is 0 Å². The van der Waals surface area contributed by atoms with Gasteiger partial charge in [0, 0.05) is 43.9 Å². The average Bonchev–Trinajstić information content (AvgIpc) is 2.79. The fourth-order valence-corrected chi connectivity index (χ4v) is 3.50. The molecule has 1 aliphatic heterocycles. The highest BCUT2D eigenvalue weighted by atomic mass is 35.5. The number of nitrogens with zero attached hydrogens (tertiary/aromatic N) is 6. The van der Waals surface area contributed by atoms with Crippen LogP contribution in [0.3, 0.4) is 0 Å². The van der Waals surface area contributed by atoms with Crippen LogP contribution >= 0.6 is 11.6 Å². The maximum absolute atomic E-state index is 11.8. The van der Waals surface area contributed by atoms with Crippen molar-refractivity contribution in [3.05, 3.63) is 75.7 Å². The number of pyridine rings is 1. The van der Waals surface area contributed by atoms with E-state index in [4.69, 9.17) is 11.6 Å². The zero-order valence-corrected chi connectivity index (χ0v) is 16.9. The smallest absolute Gasteiger partial charge is 0.353 e. The number of benzene rings is 1. The standard InChI is InChI=1S/C20H20ClN7O2/c21-16-6-4-15(5-7-16)13-23-19-18(28(29)30)20(25-14-24-19)27-11-9-26(10-12-27)17-3-1-2-8-22-17/h1-8,14H,9-13H2,(H,23,24,25). The van der Waals surface area contributed by atoms with Crippen LogP contribution in [-0.2, 0) is 6.54 Å². The van der Waals surface area contributed by atoms with Crippen molar-refractivity contribution < 1.29 is 4.92 Å². The van der Waals surface area contributed by atoms with Gasteiger partial charge in [-0.25, -0.2) is 15.0 Å². The summed E-state index contributed by atoms with van der Waals surface area (Å²) in [4.78, 5) is 28.2. The van der Waals surface area contributed by atoms with Gasteiger partial charge in [-0.05, 0) is 29.8 Å². The molecule has 0 amide bonds. The summed E-state index contributed by atoms with van der Waals surface area (Å²) in [5.74, 6) is 1.43. The molecule has 0 radical (unpaired) electrons. The minimum atomic E-state index is -0.426. The van der Waals surface area contributed by atoms with E-state index in [0.717, 1.165) is 11.4 Å². The van der Waals surface area contributed by atoms with Crippen molar-refractivity contribution in [1.29, 1.82) is 0 Å². The van der Waals surface area contributed by atoms with Crippen LogP contribution in [0.2, 0.25) is 5.02 Å². The van der Waals surface area contributed by atoms with E-state index >= 15 is 0 Å². The second-order valence-corrected chi connectivity index (χ2v) is 7.23. The number of nitro groups is 1. The Morgan fingerprint density at radius 1 is 1.00 bits per heavy atom. The molecular formula is C20H20ClN7O2. The minimum absolute atomic E-state index is 0.113. The van der Waals surface area contributed by atoms with Gasteiger partial charge in [0.25, 0.3) is 0 Å². The molecular weight excluding hydrogens is 406 g/mol. The molecule has 0 atom stereocenters. The van der Waals surface area contributed by atoms with E-state index in [1.54, 1.807) is 18.3 Å². The highest BCUT2D eigenvalue weighted by Gasteiger charge is 2.29. The van der Waals surface area contributed by atoms with Crippen molar-refractivity contribution in [2.45, 2.75) is 6.54 Å². The van der Waals surface area contributed by atoms with Gasteiger partial charge in [-0.15, -0.1) is 0 Å². The Balaban J connectivity index is 1.50. The number of halogens is 1. The molecule has 4 rings (SSSR count). The number of aromatic nitrogens is 3. The molecule has 0 unspecified atom stereocenters. The highest BCUT2D eigenvalue weighted by molar-refractivity contribution is 6.30. The second-order valence-electron chi connectivity index (χ2n) is 6.79. The molecule has 154 valence electrons. The fourth-order valence-electron chi connectivity index (χ4n) is 3.37. The van der Waals surface area contributed by atoms with Crippen LogP contribution in [0.5, 0.6) is 0 Å². The Bertz CT molecular complexity index is 1010. The van der Waals surface area contributed by atoms with E-state index in [-0.39, 0.29) is 11.5 Å². The third-order valence-electron chi connectivity index (χ3n) is 4.91. The highest BCUT2D eigenvalue weighted by Crippen LogP contribution is 2.32. The van der Waals surface area contributed by atoms with E-state index < -0.39 is 4.92 Å². The number of hydrogen-bond donors (Lipinski definition) is 1. The topological polar surface area (TPSA) is 100 Å². The van der Waals surface area contributed by atoms with E-state index in [1.807, 2.05) is 35.2 Å². The van der Waals surface area contributed by atoms with E-state index in [9.17, 15) is 10.1 Å². The molecule has 3 heterocycles. The first-order valence-electron chi connectivity index (χ1n) is 9.50. The Hall–Kier alpha value is -3.46. The molecule has 0 saturated carbocycles. The van der Waals surface area contributed by atoms with Crippen LogP contribution in [0.15, 0.2) is 55.0 Å². The van der Waals surface area contributed by atoms with Crippen molar-refractivity contribution in [2.24, 2.45) is 0 Å². The first-order chi connectivity index (χ1) is 14.6. The summed E-state index contributed by atoms with van der Waals surface area (Å²) in [6.07, 6.45) is 3.12. The molecule has 1 fully saturated rings. The molecule has 9 nitrogen and oxygen atoms in total. The van der Waals surface area contributed by atoms with Crippen molar-refractivity contribution in [2.75, 3.05) is 41.3 Å². The summed E-state index contributed by atoms with van der Waals surface area (Å²) in [5.41, 5.74) is 0.829. The summed E-state index contributed by atoms with van der Waals surface area (Å²) in [6.45, 7) is 3.00. The Morgan fingerprint density at radius 3 is 2.40 bits per heavy atom. The zero-order valence-electron chi connectivity index (χ0n) is 16.1. The third-order valence-corrected chi connectivity index (χ3v) is 5.16. The Labute approximate surface area is 178 Å². The summed E-state index contributed by atoms with van der Waals surface area (Å²) in [6, 6.07) is 13.1. The lowest BCUT2D eigenvalue weighted by molar-refractivity contribution is -0.383. The van der Waals surface area contributed by atoms with Crippen LogP contribution in [0.4, 0.5) is 23.1 Å². The molecule has 10 heteroatoms. The second kappa shape index (κ2) is 8.91. The molecule has 1 aromatic carbocycles. The molecule has 2 aromatic heterocycles. The monoisotopic (exact) mass is 425 g/mol. The predicted octanol–water partition coefficient (Wildman–Crippen LogP) is 3.37. The lowest BCUT2D eigenvalue weighted by Crippen LogP contribution is -2.47. The lowest BCUT2D eigenvalue weighted by atomic mass is 10.2. The maximum atomic E-state index is 11.8. The SMILES string of the molecule is O=[N+]([O-])c1c(NCc2ccc(Cl)cc2)ncnc1N1CCN(c2ccccn2)CC1. The molecule has 0 bridgehead atoms. The van der Waals surface area contributed by atoms with Gasteiger partial charge in [0.15, 0.2) is 0 Å². The van der Waals surface area contributed by atoms with Gasteiger partial charge in [0.05, 0.1) is 4.92 Å². The molecule has 1 N–H and O–H groups in total. The average molecular weight is 426 g/mol. The van der Waals surface area contributed by atoms with Crippen molar-refractivity contribution >= 4 is 34.7 Å². The maximum Gasteiger partial charge on any atom is 0.353 e. The molecule has 3 aromatic rings. The third kappa shape index (κ3) is 4.41. The normalized spacial score (nSPS) is 13.9. The van der Waals surface area contributed by atoms with Gasteiger partial charge < -0.3 is 15.1 Å². The first kappa shape index (κ1) is 19.8.